The fourth-order valence-electron chi connectivity index (χ4n) is 2.32. The molecule has 2 aromatic rings. The van der Waals surface area contributed by atoms with E-state index in [1.54, 1.807) is 6.07 Å². The van der Waals surface area contributed by atoms with Crippen LogP contribution in [0.2, 0.25) is 5.02 Å². The molecule has 122 valence electrons. The van der Waals surface area contributed by atoms with Gasteiger partial charge >= 0.3 is 0 Å². The zero-order chi connectivity index (χ0) is 16.6. The Kier molecular flexibility index (Phi) is 4.41. The van der Waals surface area contributed by atoms with Crippen LogP contribution in [-0.2, 0) is 22.9 Å². The summed E-state index contributed by atoms with van der Waals surface area (Å²) in [6.45, 7) is 0. The Labute approximate surface area is 141 Å². The maximum atomic E-state index is 13.1. The molecule has 23 heavy (non-hydrogen) atoms. The fraction of sp³-hybridized carbons (Fsp3) is 0.214. The van der Waals surface area contributed by atoms with Gasteiger partial charge in [-0.05, 0) is 49.1 Å². The van der Waals surface area contributed by atoms with E-state index in [4.69, 9.17) is 11.6 Å². The molecule has 0 spiro atoms. The summed E-state index contributed by atoms with van der Waals surface area (Å²) in [6, 6.07) is 4.77. The van der Waals surface area contributed by atoms with Gasteiger partial charge in [-0.15, -0.1) is 16.2 Å². The zero-order valence-corrected chi connectivity index (χ0v) is 14.1. The van der Waals surface area contributed by atoms with Crippen molar-refractivity contribution in [2.45, 2.75) is 24.2 Å². The van der Waals surface area contributed by atoms with Gasteiger partial charge in [0.05, 0.1) is 14.8 Å². The maximum Gasteiger partial charge on any atom is 0.276 e. The largest absolute Gasteiger partial charge is 0.276 e. The molecule has 0 fully saturated rings. The number of carbonyl (C=O) groups is 1. The molecule has 0 atom stereocenters. The van der Waals surface area contributed by atoms with Gasteiger partial charge in [0.15, 0.2) is 0 Å². The van der Waals surface area contributed by atoms with Gasteiger partial charge in [-0.3, -0.25) is 10.2 Å². The number of fused-ring (bicyclic) bond motifs is 1. The Morgan fingerprint density at radius 2 is 2.04 bits per heavy atom. The van der Waals surface area contributed by atoms with Crippen LogP contribution < -0.4 is 10.3 Å². The molecule has 0 unspecified atom stereocenters. The average molecular weight is 375 g/mol. The molecule has 0 radical (unpaired) electrons. The van der Waals surface area contributed by atoms with Gasteiger partial charge in [-0.1, -0.05) is 11.6 Å². The van der Waals surface area contributed by atoms with Crippen LogP contribution in [0.25, 0.3) is 0 Å². The molecule has 1 heterocycles. The van der Waals surface area contributed by atoms with Crippen molar-refractivity contribution in [3.63, 3.8) is 0 Å². The lowest BCUT2D eigenvalue weighted by Gasteiger charge is -2.08. The second kappa shape index (κ2) is 6.20. The molecule has 9 heteroatoms. The third kappa shape index (κ3) is 3.40. The average Bonchev–Trinajstić information content (AvgIpc) is 3.09. The molecular formula is C14H12ClFN2O3S2. The summed E-state index contributed by atoms with van der Waals surface area (Å²) in [4.78, 5) is 15.4. The van der Waals surface area contributed by atoms with Crippen LogP contribution in [-0.4, -0.2) is 14.3 Å². The van der Waals surface area contributed by atoms with Gasteiger partial charge in [-0.2, -0.15) is 0 Å². The van der Waals surface area contributed by atoms with Crippen molar-refractivity contribution >= 4 is 38.9 Å². The fourth-order valence-corrected chi connectivity index (χ4v) is 4.58. The van der Waals surface area contributed by atoms with Crippen molar-refractivity contribution in [2.24, 2.45) is 0 Å². The molecule has 0 saturated heterocycles. The minimum Gasteiger partial charge on any atom is -0.273 e. The molecule has 1 aliphatic rings. The number of hydrazine groups is 1. The first-order chi connectivity index (χ1) is 10.9. The Hall–Kier alpha value is -1.48. The Morgan fingerprint density at radius 3 is 2.74 bits per heavy atom. The number of sulfonamides is 1. The number of amides is 1. The summed E-state index contributed by atoms with van der Waals surface area (Å²) in [5, 5.41) is -0.311. The number of nitrogens with one attached hydrogen (secondary N) is 2. The van der Waals surface area contributed by atoms with Gasteiger partial charge in [0.1, 0.15) is 5.82 Å². The van der Waals surface area contributed by atoms with E-state index in [0.29, 0.717) is 4.88 Å². The molecule has 0 saturated carbocycles. The molecule has 2 N–H and O–H groups in total. The van der Waals surface area contributed by atoms with Gasteiger partial charge in [0, 0.05) is 4.88 Å². The van der Waals surface area contributed by atoms with Gasteiger partial charge in [0.25, 0.3) is 15.9 Å². The molecule has 5 nitrogen and oxygen atoms in total. The summed E-state index contributed by atoms with van der Waals surface area (Å²) in [7, 11) is -4.03. The van der Waals surface area contributed by atoms with Crippen molar-refractivity contribution in [2.75, 3.05) is 0 Å². The predicted octanol–water partition coefficient (Wildman–Crippen LogP) is 2.65. The quantitative estimate of drug-likeness (QED) is 0.808. The highest BCUT2D eigenvalue weighted by atomic mass is 35.5. The number of carbonyl (C=O) groups excluding carboxylic acids is 1. The van der Waals surface area contributed by atoms with Crippen molar-refractivity contribution in [3.8, 4) is 0 Å². The number of hydrogen-bond acceptors (Lipinski definition) is 4. The van der Waals surface area contributed by atoms with E-state index in [9.17, 15) is 17.6 Å². The molecule has 1 aromatic heterocycles. The minimum absolute atomic E-state index is 0.238. The van der Waals surface area contributed by atoms with Gasteiger partial charge in [0.2, 0.25) is 0 Å². The molecule has 1 amide bonds. The van der Waals surface area contributed by atoms with Crippen LogP contribution in [0.15, 0.2) is 29.2 Å². The smallest absolute Gasteiger partial charge is 0.273 e. The van der Waals surface area contributed by atoms with E-state index < -0.39 is 21.7 Å². The first-order valence-corrected chi connectivity index (χ1v) is 9.43. The Morgan fingerprint density at radius 1 is 1.26 bits per heavy atom. The van der Waals surface area contributed by atoms with Crippen LogP contribution >= 0.6 is 22.9 Å². The first kappa shape index (κ1) is 16.4. The van der Waals surface area contributed by atoms with E-state index >= 15 is 0 Å². The molecular weight excluding hydrogens is 363 g/mol. The van der Waals surface area contributed by atoms with Crippen LogP contribution in [0, 0.1) is 5.82 Å². The van der Waals surface area contributed by atoms with Gasteiger partial charge < -0.3 is 0 Å². The van der Waals surface area contributed by atoms with Crippen molar-refractivity contribution < 1.29 is 17.6 Å². The lowest BCUT2D eigenvalue weighted by atomic mass is 10.2. The maximum absolute atomic E-state index is 13.1. The topological polar surface area (TPSA) is 75.3 Å². The van der Waals surface area contributed by atoms with Crippen molar-refractivity contribution in [3.05, 3.63) is 50.4 Å². The third-order valence-electron chi connectivity index (χ3n) is 3.47. The summed E-state index contributed by atoms with van der Waals surface area (Å²) >= 11 is 6.93. The second-order valence-electron chi connectivity index (χ2n) is 5.05. The highest BCUT2D eigenvalue weighted by molar-refractivity contribution is 7.89. The molecule has 1 aliphatic carbocycles. The molecule has 1 aromatic carbocycles. The molecule has 0 aliphatic heterocycles. The summed E-state index contributed by atoms with van der Waals surface area (Å²) in [5.41, 5.74) is 3.30. The van der Waals surface area contributed by atoms with Crippen LogP contribution in [0.5, 0.6) is 0 Å². The molecule has 0 bridgehead atoms. The van der Waals surface area contributed by atoms with E-state index in [0.717, 1.165) is 43.0 Å². The van der Waals surface area contributed by atoms with E-state index in [-0.39, 0.29) is 9.92 Å². The van der Waals surface area contributed by atoms with Crippen LogP contribution in [0.4, 0.5) is 4.39 Å². The van der Waals surface area contributed by atoms with E-state index in [1.165, 1.54) is 16.2 Å². The Balaban J connectivity index is 1.70. The zero-order valence-electron chi connectivity index (χ0n) is 11.7. The monoisotopic (exact) mass is 374 g/mol. The van der Waals surface area contributed by atoms with Crippen LogP contribution in [0.3, 0.4) is 0 Å². The number of aryl methyl sites for hydroxylation is 2. The van der Waals surface area contributed by atoms with E-state index in [1.807, 2.05) is 4.83 Å². The summed E-state index contributed by atoms with van der Waals surface area (Å²) < 4.78 is 37.2. The number of rotatable bonds is 4. The van der Waals surface area contributed by atoms with Crippen LogP contribution in [0.1, 0.15) is 26.5 Å². The van der Waals surface area contributed by atoms with Crippen molar-refractivity contribution in [1.82, 2.24) is 10.3 Å². The normalized spacial score (nSPS) is 13.8. The number of benzene rings is 1. The predicted molar refractivity (Wildman–Crippen MR) is 85.5 cm³/mol. The van der Waals surface area contributed by atoms with Gasteiger partial charge in [-0.25, -0.2) is 12.8 Å². The first-order valence-electron chi connectivity index (χ1n) is 6.75. The number of hydrogen-bond donors (Lipinski definition) is 2. The highest BCUT2D eigenvalue weighted by Crippen LogP contribution is 2.30. The van der Waals surface area contributed by atoms with Crippen molar-refractivity contribution in [1.29, 1.82) is 0 Å². The minimum atomic E-state index is -4.03. The van der Waals surface area contributed by atoms with E-state index in [2.05, 4.69) is 5.43 Å². The lowest BCUT2D eigenvalue weighted by molar-refractivity contribution is 0.0949. The summed E-state index contributed by atoms with van der Waals surface area (Å²) in [5.74, 6) is -1.25. The molecule has 3 rings (SSSR count). The number of thiophene rings is 1. The summed E-state index contributed by atoms with van der Waals surface area (Å²) in [6.07, 6.45) is 2.98. The number of halogens is 2. The lowest BCUT2D eigenvalue weighted by Crippen LogP contribution is -2.41. The highest BCUT2D eigenvalue weighted by Gasteiger charge is 2.21. The SMILES string of the molecule is O=C(NNS(=O)(=O)c1ccc(F)c(Cl)c1)c1cc2c(s1)CCC2. The second-order valence-corrected chi connectivity index (χ2v) is 8.27. The Bertz CT molecular complexity index is 859. The third-order valence-corrected chi connectivity index (χ3v) is 6.24. The standard InChI is InChI=1S/C14H12ClFN2O3S2/c15-10-7-9(4-5-11(10)16)23(20,21)18-17-14(19)13-6-8-2-1-3-12(8)22-13/h4-7,18H,1-3H2,(H,17,19).